The maximum absolute atomic E-state index is 15.5. The summed E-state index contributed by atoms with van der Waals surface area (Å²) in [5.74, 6) is 0. The van der Waals surface area contributed by atoms with Crippen molar-refractivity contribution in [2.75, 3.05) is 13.2 Å². The minimum Gasteiger partial charge on any atom is -0.349 e. The largest absolute Gasteiger partial charge is 0.349 e. The number of benzene rings is 1. The highest BCUT2D eigenvalue weighted by Gasteiger charge is 2.59. The highest BCUT2D eigenvalue weighted by Crippen LogP contribution is 2.55. The van der Waals surface area contributed by atoms with Gasteiger partial charge in [0.1, 0.15) is 6.61 Å². The quantitative estimate of drug-likeness (QED) is 0.116. The molecule has 0 radical (unpaired) electrons. The zero-order valence-electron chi connectivity index (χ0n) is 29.6. The number of ether oxygens (including phenoxy) is 2. The van der Waals surface area contributed by atoms with E-state index in [9.17, 15) is 8.42 Å². The second kappa shape index (κ2) is 15.8. The van der Waals surface area contributed by atoms with Crippen molar-refractivity contribution >= 4 is 19.7 Å². The Balaban J connectivity index is 2.78. The van der Waals surface area contributed by atoms with E-state index in [1.54, 1.807) is 0 Å². The number of sulfone groups is 2. The van der Waals surface area contributed by atoms with Crippen LogP contribution in [0.3, 0.4) is 0 Å². The van der Waals surface area contributed by atoms with E-state index in [0.29, 0.717) is 58.0 Å². The van der Waals surface area contributed by atoms with Gasteiger partial charge in [-0.2, -0.15) is 0 Å². The summed E-state index contributed by atoms with van der Waals surface area (Å²) in [6.07, 6.45) is 5.71. The average Bonchev–Trinajstić information content (AvgIpc) is 3.86. The molecule has 2 rings (SSSR count). The summed E-state index contributed by atoms with van der Waals surface area (Å²) >= 11 is 0. The van der Waals surface area contributed by atoms with Crippen molar-refractivity contribution in [1.82, 2.24) is 0 Å². The first kappa shape index (κ1) is 39.2. The van der Waals surface area contributed by atoms with Crippen LogP contribution in [0.1, 0.15) is 139 Å². The van der Waals surface area contributed by atoms with E-state index < -0.39 is 45.1 Å². The van der Waals surface area contributed by atoms with Crippen LogP contribution in [0.4, 0.5) is 0 Å². The van der Waals surface area contributed by atoms with Crippen LogP contribution >= 0.6 is 0 Å². The number of hydrogen-bond acceptors (Lipinski definition) is 6. The van der Waals surface area contributed by atoms with E-state index in [1.807, 2.05) is 65.0 Å². The Morgan fingerprint density at radius 2 is 1.25 bits per heavy atom. The lowest BCUT2D eigenvalue weighted by molar-refractivity contribution is 0.0374. The van der Waals surface area contributed by atoms with Crippen molar-refractivity contribution in [1.29, 1.82) is 0 Å². The van der Waals surface area contributed by atoms with Gasteiger partial charge < -0.3 is 9.47 Å². The molecule has 44 heavy (non-hydrogen) atoms. The third-order valence-electron chi connectivity index (χ3n) is 12.2. The van der Waals surface area contributed by atoms with Crippen LogP contribution in [0.2, 0.25) is 0 Å². The fraction of sp³-hybridized carbons (Fsp3) is 0.833. The summed E-state index contributed by atoms with van der Waals surface area (Å²) in [7, 11) is -7.46. The first-order valence-corrected chi connectivity index (χ1v) is 20.4. The molecular formula is C36H64O6S2. The van der Waals surface area contributed by atoms with Gasteiger partial charge in [-0.1, -0.05) is 105 Å². The highest BCUT2D eigenvalue weighted by molar-refractivity contribution is 7.93. The molecule has 1 heterocycles. The van der Waals surface area contributed by atoms with Crippen LogP contribution in [-0.4, -0.2) is 56.3 Å². The van der Waals surface area contributed by atoms with Gasteiger partial charge in [0.25, 0.3) is 0 Å². The standard InChI is InChI=1S/C36H64O6S2/c1-11-33(9,12-2)25-30(24-29-22-20-19-21-23-29)44(39,40)36(17-7,18-8)35(15-5,16-6)26-31(27-41-32-28-42-32)43(37,38)34(10,13-3)14-4/h19-23,30-32H,11-18,24-28H2,1-10H3. The summed E-state index contributed by atoms with van der Waals surface area (Å²) < 4.78 is 69.2. The predicted molar refractivity (Wildman–Crippen MR) is 184 cm³/mol. The molecule has 1 fully saturated rings. The maximum Gasteiger partial charge on any atom is 0.181 e. The fourth-order valence-corrected chi connectivity index (χ4v) is 13.6. The van der Waals surface area contributed by atoms with E-state index in [-0.39, 0.29) is 24.7 Å². The summed E-state index contributed by atoms with van der Waals surface area (Å²) in [4.78, 5) is 0. The number of hydrogen-bond donors (Lipinski definition) is 0. The van der Waals surface area contributed by atoms with E-state index >= 15 is 8.42 Å². The lowest BCUT2D eigenvalue weighted by Crippen LogP contribution is -2.59. The molecular weight excluding hydrogens is 593 g/mol. The van der Waals surface area contributed by atoms with Crippen molar-refractivity contribution in [2.24, 2.45) is 10.8 Å². The Kier molecular flexibility index (Phi) is 14.0. The summed E-state index contributed by atoms with van der Waals surface area (Å²) in [6.45, 7) is 20.8. The Morgan fingerprint density at radius 3 is 1.66 bits per heavy atom. The number of epoxide rings is 1. The van der Waals surface area contributed by atoms with Crippen molar-refractivity contribution in [3.63, 3.8) is 0 Å². The molecule has 0 aromatic heterocycles. The predicted octanol–water partition coefficient (Wildman–Crippen LogP) is 8.72. The third kappa shape index (κ3) is 7.77. The Labute approximate surface area is 271 Å². The molecule has 6 nitrogen and oxygen atoms in total. The number of rotatable bonds is 22. The van der Waals surface area contributed by atoms with Gasteiger partial charge in [-0.25, -0.2) is 16.8 Å². The molecule has 1 aliphatic rings. The first-order chi connectivity index (χ1) is 20.6. The molecule has 1 saturated heterocycles. The summed E-state index contributed by atoms with van der Waals surface area (Å²) in [5.41, 5.74) is 0.150. The lowest BCUT2D eigenvalue weighted by Gasteiger charge is -2.52. The average molecular weight is 657 g/mol. The Hall–Kier alpha value is -0.960. The van der Waals surface area contributed by atoms with Gasteiger partial charge in [-0.3, -0.25) is 0 Å². The third-order valence-corrected chi connectivity index (χ3v) is 18.6. The van der Waals surface area contributed by atoms with E-state index in [2.05, 4.69) is 34.6 Å². The smallest absolute Gasteiger partial charge is 0.181 e. The molecule has 0 aliphatic carbocycles. The monoisotopic (exact) mass is 656 g/mol. The van der Waals surface area contributed by atoms with Gasteiger partial charge in [-0.15, -0.1) is 0 Å². The molecule has 3 atom stereocenters. The van der Waals surface area contributed by atoms with Gasteiger partial charge >= 0.3 is 0 Å². The van der Waals surface area contributed by atoms with E-state index in [0.717, 1.165) is 18.4 Å². The molecule has 0 saturated carbocycles. The van der Waals surface area contributed by atoms with Gasteiger partial charge in [0, 0.05) is 0 Å². The van der Waals surface area contributed by atoms with Crippen LogP contribution in [-0.2, 0) is 35.6 Å². The molecule has 1 aromatic carbocycles. The van der Waals surface area contributed by atoms with Gasteiger partial charge in [0.05, 0.1) is 26.6 Å². The van der Waals surface area contributed by atoms with Gasteiger partial charge in [-0.05, 0) is 81.1 Å². The fourth-order valence-electron chi connectivity index (χ4n) is 7.75. The van der Waals surface area contributed by atoms with Crippen LogP contribution < -0.4 is 0 Å². The van der Waals surface area contributed by atoms with Crippen molar-refractivity contribution < 1.29 is 26.3 Å². The Bertz CT molecular complexity index is 1200. The lowest BCUT2D eigenvalue weighted by atomic mass is 9.65. The van der Waals surface area contributed by atoms with E-state index in [4.69, 9.17) is 9.47 Å². The molecule has 0 amide bonds. The summed E-state index contributed by atoms with van der Waals surface area (Å²) in [6, 6.07) is 9.97. The molecule has 0 N–H and O–H groups in total. The van der Waals surface area contributed by atoms with Crippen molar-refractivity contribution in [2.45, 2.75) is 166 Å². The summed E-state index contributed by atoms with van der Waals surface area (Å²) in [5, 5.41) is -1.40. The highest BCUT2D eigenvalue weighted by atomic mass is 32.2. The molecule has 1 aliphatic heterocycles. The van der Waals surface area contributed by atoms with E-state index in [1.165, 1.54) is 0 Å². The molecule has 3 unspecified atom stereocenters. The minimum absolute atomic E-state index is 0.0189. The van der Waals surface area contributed by atoms with Gasteiger partial charge in [0.15, 0.2) is 26.0 Å². The maximum atomic E-state index is 15.5. The van der Waals surface area contributed by atoms with Gasteiger partial charge in [0.2, 0.25) is 0 Å². The molecule has 0 bridgehead atoms. The van der Waals surface area contributed by atoms with Crippen LogP contribution in [0.15, 0.2) is 30.3 Å². The second-order valence-electron chi connectivity index (χ2n) is 13.9. The SMILES string of the molecule is CCC(C)(CC)CC(Cc1ccccc1)S(=O)(=O)C(CC)(CC)C(CC)(CC)CC(COC1CO1)S(=O)(=O)C(C)(CC)CC. The topological polar surface area (TPSA) is 90.0 Å². The minimum atomic E-state index is -3.78. The van der Waals surface area contributed by atoms with Crippen LogP contribution in [0.25, 0.3) is 0 Å². The zero-order chi connectivity index (χ0) is 33.5. The molecule has 1 aromatic rings. The van der Waals surface area contributed by atoms with Crippen LogP contribution in [0, 0.1) is 10.8 Å². The first-order valence-electron chi connectivity index (χ1n) is 17.3. The van der Waals surface area contributed by atoms with Crippen LogP contribution in [0.5, 0.6) is 0 Å². The van der Waals surface area contributed by atoms with Crippen molar-refractivity contribution in [3.8, 4) is 0 Å². The van der Waals surface area contributed by atoms with Crippen molar-refractivity contribution in [3.05, 3.63) is 35.9 Å². The normalized spacial score (nSPS) is 18.3. The molecule has 0 spiro atoms. The zero-order valence-corrected chi connectivity index (χ0v) is 31.2. The second-order valence-corrected chi connectivity index (χ2v) is 19.2. The molecule has 256 valence electrons. The Morgan fingerprint density at radius 1 is 0.727 bits per heavy atom. The molecule has 8 heteroatoms.